The summed E-state index contributed by atoms with van der Waals surface area (Å²) in [6.45, 7) is 5.46. The molecule has 1 fully saturated rings. The fourth-order valence-electron chi connectivity index (χ4n) is 4.19. The third-order valence-electron chi connectivity index (χ3n) is 5.89. The highest BCUT2D eigenvalue weighted by atomic mass is 32.2. The molecule has 4 aromatic rings. The first-order valence-corrected chi connectivity index (χ1v) is 13.1. The van der Waals surface area contributed by atoms with E-state index in [1.807, 2.05) is 22.8 Å². The minimum atomic E-state index is -3.51. The van der Waals surface area contributed by atoms with Gasteiger partial charge in [0.15, 0.2) is 4.80 Å². The van der Waals surface area contributed by atoms with Crippen molar-refractivity contribution in [1.82, 2.24) is 8.87 Å². The van der Waals surface area contributed by atoms with Gasteiger partial charge >= 0.3 is 0 Å². The van der Waals surface area contributed by atoms with Crippen LogP contribution in [-0.4, -0.2) is 36.3 Å². The molecule has 3 aromatic carbocycles. The lowest BCUT2D eigenvalue weighted by atomic mass is 10.1. The lowest BCUT2D eigenvalue weighted by Crippen LogP contribution is -2.27. The zero-order valence-corrected chi connectivity index (χ0v) is 19.6. The van der Waals surface area contributed by atoms with Gasteiger partial charge in [-0.2, -0.15) is 9.30 Å². The van der Waals surface area contributed by atoms with Crippen LogP contribution in [-0.2, 0) is 16.6 Å². The highest BCUT2D eigenvalue weighted by Gasteiger charge is 2.27. The summed E-state index contributed by atoms with van der Waals surface area (Å²) in [5.74, 6) is -0.409. The number of benzene rings is 3. The maximum atomic E-state index is 13.0. The van der Waals surface area contributed by atoms with Crippen molar-refractivity contribution in [3.05, 3.63) is 83.7 Å². The number of amides is 1. The minimum Gasteiger partial charge on any atom is -0.312 e. The molecule has 0 spiro atoms. The van der Waals surface area contributed by atoms with E-state index in [9.17, 15) is 13.2 Å². The molecular weight excluding hydrogens is 454 g/mol. The van der Waals surface area contributed by atoms with Gasteiger partial charge in [0.2, 0.25) is 10.0 Å². The first kappa shape index (κ1) is 21.8. The molecule has 8 heteroatoms. The van der Waals surface area contributed by atoms with Crippen molar-refractivity contribution < 1.29 is 13.2 Å². The second-order valence-electron chi connectivity index (χ2n) is 7.97. The average molecular weight is 478 g/mol. The van der Waals surface area contributed by atoms with Gasteiger partial charge in [0.05, 0.1) is 15.1 Å². The van der Waals surface area contributed by atoms with Gasteiger partial charge in [-0.25, -0.2) is 8.42 Å². The van der Waals surface area contributed by atoms with Crippen LogP contribution < -0.4 is 4.80 Å². The third kappa shape index (κ3) is 3.94. The molecule has 2 heterocycles. The van der Waals surface area contributed by atoms with Crippen molar-refractivity contribution in [1.29, 1.82) is 0 Å². The lowest BCUT2D eigenvalue weighted by molar-refractivity contribution is 0.0998. The molecule has 33 heavy (non-hydrogen) atoms. The first-order valence-electron chi connectivity index (χ1n) is 10.8. The summed E-state index contributed by atoms with van der Waals surface area (Å²) in [6.07, 6.45) is 3.54. The van der Waals surface area contributed by atoms with E-state index in [1.165, 1.54) is 39.9 Å². The number of carbonyl (C=O) groups excluding carboxylic acids is 1. The molecule has 168 valence electrons. The van der Waals surface area contributed by atoms with E-state index in [4.69, 9.17) is 0 Å². The number of thiazole rings is 1. The highest BCUT2D eigenvalue weighted by molar-refractivity contribution is 7.89. The van der Waals surface area contributed by atoms with Crippen LogP contribution in [0.5, 0.6) is 0 Å². The Morgan fingerprint density at radius 2 is 1.76 bits per heavy atom. The summed E-state index contributed by atoms with van der Waals surface area (Å²) in [6, 6.07) is 18.3. The average Bonchev–Trinajstić information content (AvgIpc) is 3.49. The molecule has 1 aliphatic heterocycles. The number of nitrogens with zero attached hydrogens (tertiary/aromatic N) is 3. The van der Waals surface area contributed by atoms with Crippen LogP contribution in [0.25, 0.3) is 21.0 Å². The number of aromatic nitrogens is 1. The zero-order valence-electron chi connectivity index (χ0n) is 18.0. The molecule has 1 aromatic heterocycles. The maximum absolute atomic E-state index is 13.0. The van der Waals surface area contributed by atoms with Gasteiger partial charge in [-0.05, 0) is 48.6 Å². The highest BCUT2D eigenvalue weighted by Crippen LogP contribution is 2.28. The molecule has 1 amide bonds. The molecular formula is C25H23N3O3S2. The molecule has 1 aliphatic rings. The minimum absolute atomic E-state index is 0.205. The third-order valence-corrected chi connectivity index (χ3v) is 8.93. The fraction of sp³-hybridized carbons (Fsp3) is 0.200. The maximum Gasteiger partial charge on any atom is 0.279 e. The number of hydrogen-bond donors (Lipinski definition) is 0. The summed E-state index contributed by atoms with van der Waals surface area (Å²) < 4.78 is 30.0. The molecule has 0 radical (unpaired) electrons. The van der Waals surface area contributed by atoms with Crippen LogP contribution in [0.4, 0.5) is 0 Å². The van der Waals surface area contributed by atoms with Crippen LogP contribution in [0.2, 0.25) is 0 Å². The van der Waals surface area contributed by atoms with Crippen LogP contribution in [0, 0.1) is 0 Å². The molecule has 5 rings (SSSR count). The Balaban J connectivity index is 1.54. The van der Waals surface area contributed by atoms with Crippen molar-refractivity contribution in [2.75, 3.05) is 13.1 Å². The standard InChI is InChI=1S/C25H23N3O3S2/c1-2-15-28-22-14-11-18-7-3-4-8-21(18)23(22)32-25(28)26-24(29)19-9-12-20(13-10-19)33(30,31)27-16-5-6-17-27/h2-4,7-14H,1,5-6,15-17H2. The Kier molecular flexibility index (Phi) is 5.74. The van der Waals surface area contributed by atoms with E-state index in [0.717, 1.165) is 33.8 Å². The van der Waals surface area contributed by atoms with Crippen molar-refractivity contribution in [3.63, 3.8) is 0 Å². The monoisotopic (exact) mass is 477 g/mol. The number of fused-ring (bicyclic) bond motifs is 3. The predicted molar refractivity (Wildman–Crippen MR) is 132 cm³/mol. The molecule has 6 nitrogen and oxygen atoms in total. The van der Waals surface area contributed by atoms with Crippen LogP contribution in [0.15, 0.2) is 83.2 Å². The number of hydrogen-bond acceptors (Lipinski definition) is 4. The number of allylic oxidation sites excluding steroid dienone is 1. The SMILES string of the molecule is C=CCn1c(=NC(=O)c2ccc(S(=O)(=O)N3CCCC3)cc2)sc2c3ccccc3ccc21. The molecule has 0 saturated carbocycles. The van der Waals surface area contributed by atoms with E-state index in [-0.39, 0.29) is 4.90 Å². The van der Waals surface area contributed by atoms with Crippen LogP contribution in [0.3, 0.4) is 0 Å². The Labute approximate surface area is 196 Å². The van der Waals surface area contributed by atoms with Gasteiger partial charge in [-0.15, -0.1) is 6.58 Å². The number of sulfonamides is 1. The molecule has 0 N–H and O–H groups in total. The smallest absolute Gasteiger partial charge is 0.279 e. The quantitative estimate of drug-likeness (QED) is 0.396. The molecule has 0 aliphatic carbocycles. The van der Waals surface area contributed by atoms with Crippen molar-refractivity contribution in [2.45, 2.75) is 24.3 Å². The Morgan fingerprint density at radius 1 is 1.03 bits per heavy atom. The van der Waals surface area contributed by atoms with Crippen LogP contribution >= 0.6 is 11.3 Å². The van der Waals surface area contributed by atoms with Crippen LogP contribution in [0.1, 0.15) is 23.2 Å². The van der Waals surface area contributed by atoms with Gasteiger partial charge in [-0.1, -0.05) is 47.7 Å². The zero-order chi connectivity index (χ0) is 23.0. The largest absolute Gasteiger partial charge is 0.312 e. The predicted octanol–water partition coefficient (Wildman–Crippen LogP) is 4.57. The van der Waals surface area contributed by atoms with E-state index in [1.54, 1.807) is 6.08 Å². The molecule has 0 bridgehead atoms. The topological polar surface area (TPSA) is 71.7 Å². The van der Waals surface area contributed by atoms with E-state index >= 15 is 0 Å². The Bertz CT molecular complexity index is 1540. The van der Waals surface area contributed by atoms with Crippen molar-refractivity contribution in [3.8, 4) is 0 Å². The number of rotatable bonds is 5. The fourth-order valence-corrected chi connectivity index (χ4v) is 6.88. The second-order valence-corrected chi connectivity index (χ2v) is 10.9. The Hall–Kier alpha value is -3.07. The summed E-state index contributed by atoms with van der Waals surface area (Å²) in [5, 5.41) is 2.24. The molecule has 1 saturated heterocycles. The van der Waals surface area contributed by atoms with E-state index < -0.39 is 15.9 Å². The van der Waals surface area contributed by atoms with Crippen molar-refractivity contribution >= 4 is 48.3 Å². The molecule has 0 unspecified atom stereocenters. The number of carbonyl (C=O) groups is 1. The van der Waals surface area contributed by atoms with Gasteiger partial charge in [-0.3, -0.25) is 4.79 Å². The van der Waals surface area contributed by atoms with E-state index in [2.05, 4.69) is 29.8 Å². The van der Waals surface area contributed by atoms with Gasteiger partial charge in [0.1, 0.15) is 0 Å². The summed E-state index contributed by atoms with van der Waals surface area (Å²) in [4.78, 5) is 18.2. The van der Waals surface area contributed by atoms with Gasteiger partial charge in [0, 0.05) is 30.6 Å². The molecule has 0 atom stereocenters. The van der Waals surface area contributed by atoms with E-state index in [0.29, 0.717) is 30.0 Å². The summed E-state index contributed by atoms with van der Waals surface area (Å²) in [5.41, 5.74) is 1.35. The second kappa shape index (κ2) is 8.70. The van der Waals surface area contributed by atoms with Gasteiger partial charge in [0.25, 0.3) is 5.91 Å². The Morgan fingerprint density at radius 3 is 2.48 bits per heavy atom. The summed E-state index contributed by atoms with van der Waals surface area (Å²) >= 11 is 1.47. The first-order chi connectivity index (χ1) is 16.0. The van der Waals surface area contributed by atoms with Crippen molar-refractivity contribution in [2.24, 2.45) is 4.99 Å². The lowest BCUT2D eigenvalue weighted by Gasteiger charge is -2.15. The summed E-state index contributed by atoms with van der Waals surface area (Å²) in [7, 11) is -3.51. The normalized spacial score (nSPS) is 15.5. The van der Waals surface area contributed by atoms with Gasteiger partial charge < -0.3 is 4.57 Å².